The molecule has 1 aromatic rings. The van der Waals surface area contributed by atoms with E-state index >= 15 is 0 Å². The van der Waals surface area contributed by atoms with E-state index in [4.69, 9.17) is 0 Å². The number of hydrogen-bond acceptors (Lipinski definition) is 2. The largest absolute Gasteiger partial charge is 0.312 e. The molecule has 2 rings (SSSR count). The molecule has 1 N–H and O–H groups in total. The highest BCUT2D eigenvalue weighted by Crippen LogP contribution is 2.46. The molecule has 1 aromatic carbocycles. The van der Waals surface area contributed by atoms with Gasteiger partial charge in [0.15, 0.2) is 0 Å². The van der Waals surface area contributed by atoms with Gasteiger partial charge in [0.25, 0.3) is 0 Å². The van der Waals surface area contributed by atoms with Gasteiger partial charge in [-0.25, -0.2) is 0 Å². The van der Waals surface area contributed by atoms with Crippen LogP contribution in [0.25, 0.3) is 0 Å². The van der Waals surface area contributed by atoms with Crippen molar-refractivity contribution >= 4 is 11.8 Å². The molecule has 0 spiro atoms. The van der Waals surface area contributed by atoms with Crippen molar-refractivity contribution in [2.75, 3.05) is 7.05 Å². The molecule has 0 aromatic heterocycles. The van der Waals surface area contributed by atoms with Crippen molar-refractivity contribution in [2.24, 2.45) is 0 Å². The second kappa shape index (κ2) is 4.57. The average Bonchev–Trinajstić information content (AvgIpc) is 2.26. The second-order valence-corrected chi connectivity index (χ2v) is 8.41. The van der Waals surface area contributed by atoms with Crippen LogP contribution in [0.4, 0.5) is 0 Å². The minimum atomic E-state index is 0.224. The molecule has 100 valence electrons. The van der Waals surface area contributed by atoms with Crippen molar-refractivity contribution in [3.8, 4) is 0 Å². The third-order valence-corrected chi connectivity index (χ3v) is 5.34. The summed E-state index contributed by atoms with van der Waals surface area (Å²) in [4.78, 5) is 0. The Bertz CT molecular complexity index is 443. The van der Waals surface area contributed by atoms with Crippen LogP contribution < -0.4 is 5.32 Å². The van der Waals surface area contributed by atoms with Crippen molar-refractivity contribution in [3.63, 3.8) is 0 Å². The van der Waals surface area contributed by atoms with Crippen LogP contribution in [-0.2, 0) is 11.2 Å². The number of nitrogens with one attached hydrogen (secondary N) is 1. The molecule has 1 atom stereocenters. The van der Waals surface area contributed by atoms with Crippen LogP contribution >= 0.6 is 11.8 Å². The molecule has 0 saturated carbocycles. The molecular weight excluding hydrogens is 238 g/mol. The first-order valence-corrected chi connectivity index (χ1v) is 7.69. The van der Waals surface area contributed by atoms with Gasteiger partial charge >= 0.3 is 0 Å². The van der Waals surface area contributed by atoms with E-state index in [0.29, 0.717) is 6.04 Å². The summed E-state index contributed by atoms with van der Waals surface area (Å²) >= 11 is 2.05. The zero-order valence-electron chi connectivity index (χ0n) is 12.4. The predicted octanol–water partition coefficient (Wildman–Crippen LogP) is 4.27. The molecule has 1 unspecified atom stereocenters. The van der Waals surface area contributed by atoms with Crippen LogP contribution in [0, 0.1) is 0 Å². The number of fused-ring (bicyclic) bond motifs is 1. The number of hydrogen-bond donors (Lipinski definition) is 1. The molecule has 0 bridgehead atoms. The molecule has 1 nitrogen and oxygen atoms in total. The fourth-order valence-electron chi connectivity index (χ4n) is 2.69. The van der Waals surface area contributed by atoms with Gasteiger partial charge < -0.3 is 5.32 Å². The zero-order valence-corrected chi connectivity index (χ0v) is 13.2. The molecule has 1 aliphatic rings. The maximum Gasteiger partial charge on any atom is 0.0464 e. The highest BCUT2D eigenvalue weighted by Gasteiger charge is 2.36. The van der Waals surface area contributed by atoms with Crippen LogP contribution in [0.15, 0.2) is 18.2 Å². The summed E-state index contributed by atoms with van der Waals surface area (Å²) in [7, 11) is 2.08. The number of rotatable bonds is 1. The van der Waals surface area contributed by atoms with Gasteiger partial charge in [-0.15, -0.1) is 11.8 Å². The van der Waals surface area contributed by atoms with Gasteiger partial charge in [0.1, 0.15) is 0 Å². The Morgan fingerprint density at radius 2 is 1.94 bits per heavy atom. The lowest BCUT2D eigenvalue weighted by molar-refractivity contribution is 0.472. The molecular formula is C16H25NS. The molecule has 0 aliphatic carbocycles. The van der Waals surface area contributed by atoms with E-state index in [9.17, 15) is 0 Å². The Kier molecular flexibility index (Phi) is 3.54. The maximum atomic E-state index is 3.51. The summed E-state index contributed by atoms with van der Waals surface area (Å²) in [5.74, 6) is 1.13. The Labute approximate surface area is 116 Å². The third kappa shape index (κ3) is 2.46. The standard InChI is InChI=1S/C16H25NS/c1-15(2,3)12-8-7-11-10-18-16(4,5)14(17-6)13(11)9-12/h7-9,14,17H,10H2,1-6H3. The van der Waals surface area contributed by atoms with E-state index in [0.717, 1.165) is 5.75 Å². The third-order valence-electron chi connectivity index (χ3n) is 3.91. The maximum absolute atomic E-state index is 3.51. The van der Waals surface area contributed by atoms with E-state index in [-0.39, 0.29) is 10.2 Å². The first kappa shape index (κ1) is 14.0. The van der Waals surface area contributed by atoms with Gasteiger partial charge in [-0.3, -0.25) is 0 Å². The Balaban J connectivity index is 2.50. The van der Waals surface area contributed by atoms with Gasteiger partial charge in [-0.1, -0.05) is 39.0 Å². The molecule has 1 aliphatic heterocycles. The van der Waals surface area contributed by atoms with Gasteiger partial charge in [-0.05, 0) is 43.0 Å². The van der Waals surface area contributed by atoms with Gasteiger partial charge in [0, 0.05) is 16.5 Å². The van der Waals surface area contributed by atoms with Gasteiger partial charge in [-0.2, -0.15) is 0 Å². The summed E-state index contributed by atoms with van der Waals surface area (Å²) in [6.07, 6.45) is 0. The van der Waals surface area contributed by atoms with Crippen LogP contribution in [-0.4, -0.2) is 11.8 Å². The lowest BCUT2D eigenvalue weighted by Gasteiger charge is -2.40. The highest BCUT2D eigenvalue weighted by atomic mass is 32.2. The van der Waals surface area contributed by atoms with Crippen LogP contribution in [0.2, 0.25) is 0 Å². The predicted molar refractivity (Wildman–Crippen MR) is 82.3 cm³/mol. The molecule has 0 radical (unpaired) electrons. The highest BCUT2D eigenvalue weighted by molar-refractivity contribution is 8.00. The molecule has 0 fully saturated rings. The summed E-state index contributed by atoms with van der Waals surface area (Å²) < 4.78 is 0.262. The lowest BCUT2D eigenvalue weighted by atomic mass is 9.82. The smallest absolute Gasteiger partial charge is 0.0464 e. The summed E-state index contributed by atoms with van der Waals surface area (Å²) in [5, 5.41) is 3.51. The quantitative estimate of drug-likeness (QED) is 0.812. The minimum absolute atomic E-state index is 0.224. The normalized spacial score (nSPS) is 22.7. The van der Waals surface area contributed by atoms with Crippen molar-refractivity contribution in [1.29, 1.82) is 0 Å². The van der Waals surface area contributed by atoms with E-state index in [1.165, 1.54) is 16.7 Å². The second-order valence-electron chi connectivity index (χ2n) is 6.78. The average molecular weight is 263 g/mol. The molecule has 0 saturated heterocycles. The zero-order chi connectivity index (χ0) is 13.6. The van der Waals surface area contributed by atoms with Crippen molar-refractivity contribution in [2.45, 2.75) is 56.6 Å². The van der Waals surface area contributed by atoms with Gasteiger partial charge in [0.2, 0.25) is 0 Å². The lowest BCUT2D eigenvalue weighted by Crippen LogP contribution is -2.38. The van der Waals surface area contributed by atoms with Crippen LogP contribution in [0.3, 0.4) is 0 Å². The minimum Gasteiger partial charge on any atom is -0.312 e. The summed E-state index contributed by atoms with van der Waals surface area (Å²) in [5.41, 5.74) is 4.65. The van der Waals surface area contributed by atoms with Crippen molar-refractivity contribution < 1.29 is 0 Å². The Morgan fingerprint density at radius 1 is 1.28 bits per heavy atom. The monoisotopic (exact) mass is 263 g/mol. The fourth-order valence-corrected chi connectivity index (χ4v) is 3.89. The Hall–Kier alpha value is -0.470. The first-order valence-electron chi connectivity index (χ1n) is 6.70. The SMILES string of the molecule is CNC1c2cc(C(C)(C)C)ccc2CSC1(C)C. The molecule has 18 heavy (non-hydrogen) atoms. The molecule has 1 heterocycles. The van der Waals surface area contributed by atoms with Crippen molar-refractivity contribution in [3.05, 3.63) is 34.9 Å². The number of thioether (sulfide) groups is 1. The Morgan fingerprint density at radius 3 is 2.50 bits per heavy atom. The van der Waals surface area contributed by atoms with Crippen molar-refractivity contribution in [1.82, 2.24) is 5.32 Å². The van der Waals surface area contributed by atoms with Crippen LogP contribution in [0.5, 0.6) is 0 Å². The molecule has 2 heteroatoms. The van der Waals surface area contributed by atoms with E-state index in [1.54, 1.807) is 0 Å². The number of benzene rings is 1. The van der Waals surface area contributed by atoms with Gasteiger partial charge in [0.05, 0.1) is 0 Å². The first-order chi connectivity index (χ1) is 8.25. The topological polar surface area (TPSA) is 12.0 Å². The summed E-state index contributed by atoms with van der Waals surface area (Å²) in [6, 6.07) is 7.47. The van der Waals surface area contributed by atoms with E-state index < -0.39 is 0 Å². The fraction of sp³-hybridized carbons (Fsp3) is 0.625. The molecule has 0 amide bonds. The van der Waals surface area contributed by atoms with Crippen LogP contribution in [0.1, 0.15) is 57.4 Å². The summed E-state index contributed by atoms with van der Waals surface area (Å²) in [6.45, 7) is 11.5. The van der Waals surface area contributed by atoms with E-state index in [2.05, 4.69) is 65.2 Å². The van der Waals surface area contributed by atoms with E-state index in [1.807, 2.05) is 11.8 Å².